The lowest BCUT2D eigenvalue weighted by molar-refractivity contribution is 0.0950. The molecule has 0 aliphatic rings. The molecule has 0 radical (unpaired) electrons. The van der Waals surface area contributed by atoms with Crippen LogP contribution in [0.2, 0.25) is 0 Å². The summed E-state index contributed by atoms with van der Waals surface area (Å²) in [6.45, 7) is 0.364. The minimum Gasteiger partial charge on any atom is -0.392 e. The number of aliphatic hydroxyl groups excluding tert-OH is 1. The lowest BCUT2D eigenvalue weighted by Gasteiger charge is -2.08. The third kappa shape index (κ3) is 2.93. The zero-order chi connectivity index (χ0) is 12.8. The van der Waals surface area contributed by atoms with Gasteiger partial charge in [0.05, 0.1) is 12.2 Å². The SMILES string of the molecule is O=C(NCc1ccccc1CO)c1cccnc1. The molecule has 0 fully saturated rings. The van der Waals surface area contributed by atoms with Crippen LogP contribution in [0.4, 0.5) is 0 Å². The first-order chi connectivity index (χ1) is 8.81. The van der Waals surface area contributed by atoms with Gasteiger partial charge in [-0.25, -0.2) is 0 Å². The molecule has 0 atom stereocenters. The topological polar surface area (TPSA) is 62.2 Å². The van der Waals surface area contributed by atoms with Gasteiger partial charge in [-0.2, -0.15) is 0 Å². The molecule has 1 heterocycles. The highest BCUT2D eigenvalue weighted by molar-refractivity contribution is 5.93. The number of hydrogen-bond donors (Lipinski definition) is 2. The van der Waals surface area contributed by atoms with Gasteiger partial charge < -0.3 is 10.4 Å². The number of amides is 1. The number of pyridine rings is 1. The fourth-order valence-electron chi connectivity index (χ4n) is 1.66. The quantitative estimate of drug-likeness (QED) is 0.854. The van der Waals surface area contributed by atoms with Gasteiger partial charge in [0, 0.05) is 18.9 Å². The number of carbonyl (C=O) groups is 1. The molecule has 0 bridgehead atoms. The predicted octanol–water partition coefficient (Wildman–Crippen LogP) is 1.50. The smallest absolute Gasteiger partial charge is 0.253 e. The maximum Gasteiger partial charge on any atom is 0.253 e. The lowest BCUT2D eigenvalue weighted by Crippen LogP contribution is -2.23. The molecule has 0 aliphatic carbocycles. The van der Waals surface area contributed by atoms with E-state index in [2.05, 4.69) is 10.3 Å². The molecule has 2 N–H and O–H groups in total. The highest BCUT2D eigenvalue weighted by atomic mass is 16.3. The van der Waals surface area contributed by atoms with Crippen LogP contribution in [-0.4, -0.2) is 16.0 Å². The van der Waals surface area contributed by atoms with E-state index in [9.17, 15) is 9.90 Å². The molecule has 4 nitrogen and oxygen atoms in total. The van der Waals surface area contributed by atoms with Gasteiger partial charge in [0.2, 0.25) is 0 Å². The molecule has 1 aromatic heterocycles. The average molecular weight is 242 g/mol. The predicted molar refractivity (Wildman–Crippen MR) is 67.8 cm³/mol. The number of hydrogen-bond acceptors (Lipinski definition) is 3. The minimum absolute atomic E-state index is 0.0288. The Kier molecular flexibility index (Phi) is 4.04. The van der Waals surface area contributed by atoms with E-state index < -0.39 is 0 Å². The summed E-state index contributed by atoms with van der Waals surface area (Å²) >= 11 is 0. The van der Waals surface area contributed by atoms with Crippen LogP contribution in [0, 0.1) is 0 Å². The summed E-state index contributed by atoms with van der Waals surface area (Å²) < 4.78 is 0. The molecule has 1 amide bonds. The maximum atomic E-state index is 11.8. The van der Waals surface area contributed by atoms with Crippen molar-refractivity contribution in [1.29, 1.82) is 0 Å². The van der Waals surface area contributed by atoms with Crippen molar-refractivity contribution in [3.05, 3.63) is 65.5 Å². The number of aromatic nitrogens is 1. The number of rotatable bonds is 4. The first-order valence-electron chi connectivity index (χ1n) is 5.67. The second-order valence-electron chi connectivity index (χ2n) is 3.85. The van der Waals surface area contributed by atoms with Gasteiger partial charge in [-0.1, -0.05) is 24.3 Å². The van der Waals surface area contributed by atoms with Gasteiger partial charge in [0.25, 0.3) is 5.91 Å². The van der Waals surface area contributed by atoms with Crippen molar-refractivity contribution in [3.8, 4) is 0 Å². The summed E-state index contributed by atoms with van der Waals surface area (Å²) in [7, 11) is 0. The summed E-state index contributed by atoms with van der Waals surface area (Å²) in [6, 6.07) is 10.9. The second kappa shape index (κ2) is 5.93. The van der Waals surface area contributed by atoms with Crippen molar-refractivity contribution in [3.63, 3.8) is 0 Å². The first-order valence-corrected chi connectivity index (χ1v) is 5.67. The normalized spacial score (nSPS) is 10.1. The van der Waals surface area contributed by atoms with Crippen LogP contribution in [0.15, 0.2) is 48.8 Å². The van der Waals surface area contributed by atoms with Gasteiger partial charge in [0.15, 0.2) is 0 Å². The van der Waals surface area contributed by atoms with E-state index in [0.29, 0.717) is 12.1 Å². The van der Waals surface area contributed by atoms with E-state index in [4.69, 9.17) is 0 Å². The number of aliphatic hydroxyl groups is 1. The summed E-state index contributed by atoms with van der Waals surface area (Å²) in [6.07, 6.45) is 3.14. The minimum atomic E-state index is -0.171. The molecule has 92 valence electrons. The Morgan fingerprint density at radius 3 is 2.61 bits per heavy atom. The van der Waals surface area contributed by atoms with E-state index in [1.54, 1.807) is 18.3 Å². The Morgan fingerprint density at radius 2 is 1.94 bits per heavy atom. The van der Waals surface area contributed by atoms with Gasteiger partial charge >= 0.3 is 0 Å². The van der Waals surface area contributed by atoms with Crippen LogP contribution in [0.5, 0.6) is 0 Å². The molecule has 1 aromatic carbocycles. The van der Waals surface area contributed by atoms with Gasteiger partial charge in [-0.05, 0) is 23.3 Å². The number of nitrogens with zero attached hydrogens (tertiary/aromatic N) is 1. The summed E-state index contributed by atoms with van der Waals surface area (Å²) in [5.41, 5.74) is 2.26. The molecular weight excluding hydrogens is 228 g/mol. The molecule has 0 saturated carbocycles. The lowest BCUT2D eigenvalue weighted by atomic mass is 10.1. The Balaban J connectivity index is 2.02. The third-order valence-electron chi connectivity index (χ3n) is 2.65. The molecule has 0 spiro atoms. The van der Waals surface area contributed by atoms with Crippen molar-refractivity contribution >= 4 is 5.91 Å². The Labute approximate surface area is 105 Å². The Morgan fingerprint density at radius 1 is 1.17 bits per heavy atom. The van der Waals surface area contributed by atoms with E-state index in [-0.39, 0.29) is 12.5 Å². The fraction of sp³-hybridized carbons (Fsp3) is 0.143. The maximum absolute atomic E-state index is 11.8. The number of benzene rings is 1. The third-order valence-corrected chi connectivity index (χ3v) is 2.65. The average Bonchev–Trinajstić information content (AvgIpc) is 2.46. The van der Waals surface area contributed by atoms with Crippen LogP contribution in [0.25, 0.3) is 0 Å². The summed E-state index contributed by atoms with van der Waals surface area (Å²) in [4.78, 5) is 15.7. The molecule has 4 heteroatoms. The largest absolute Gasteiger partial charge is 0.392 e. The van der Waals surface area contributed by atoms with Crippen molar-refractivity contribution in [2.24, 2.45) is 0 Å². The summed E-state index contributed by atoms with van der Waals surface area (Å²) in [5, 5.41) is 12.0. The highest BCUT2D eigenvalue weighted by Crippen LogP contribution is 2.08. The van der Waals surface area contributed by atoms with Gasteiger partial charge in [-0.15, -0.1) is 0 Å². The monoisotopic (exact) mass is 242 g/mol. The number of carbonyl (C=O) groups excluding carboxylic acids is 1. The number of nitrogens with one attached hydrogen (secondary N) is 1. The second-order valence-corrected chi connectivity index (χ2v) is 3.85. The van der Waals surface area contributed by atoms with Crippen molar-refractivity contribution in [1.82, 2.24) is 10.3 Å². The molecule has 0 saturated heterocycles. The van der Waals surface area contributed by atoms with Crippen LogP contribution in [0.3, 0.4) is 0 Å². The van der Waals surface area contributed by atoms with E-state index in [1.807, 2.05) is 24.3 Å². The first kappa shape index (κ1) is 12.3. The van der Waals surface area contributed by atoms with E-state index >= 15 is 0 Å². The van der Waals surface area contributed by atoms with Crippen molar-refractivity contribution in [2.75, 3.05) is 0 Å². The zero-order valence-electron chi connectivity index (χ0n) is 9.84. The fourth-order valence-corrected chi connectivity index (χ4v) is 1.66. The van der Waals surface area contributed by atoms with Crippen LogP contribution >= 0.6 is 0 Å². The standard InChI is InChI=1S/C14H14N2O2/c17-10-13-5-2-1-4-11(13)9-16-14(18)12-6-3-7-15-8-12/h1-8,17H,9-10H2,(H,16,18). The molecule has 2 rings (SSSR count). The zero-order valence-corrected chi connectivity index (χ0v) is 9.84. The molecule has 18 heavy (non-hydrogen) atoms. The van der Waals surface area contributed by atoms with E-state index in [0.717, 1.165) is 11.1 Å². The Hall–Kier alpha value is -2.20. The molecule has 2 aromatic rings. The van der Waals surface area contributed by atoms with Gasteiger partial charge in [-0.3, -0.25) is 9.78 Å². The van der Waals surface area contributed by atoms with Crippen LogP contribution < -0.4 is 5.32 Å². The highest BCUT2D eigenvalue weighted by Gasteiger charge is 2.06. The van der Waals surface area contributed by atoms with Crippen LogP contribution in [-0.2, 0) is 13.2 Å². The molecule has 0 unspecified atom stereocenters. The van der Waals surface area contributed by atoms with Crippen molar-refractivity contribution < 1.29 is 9.90 Å². The molecular formula is C14H14N2O2. The van der Waals surface area contributed by atoms with Crippen molar-refractivity contribution in [2.45, 2.75) is 13.2 Å². The van der Waals surface area contributed by atoms with Crippen LogP contribution in [0.1, 0.15) is 21.5 Å². The Bertz CT molecular complexity index is 526. The summed E-state index contributed by atoms with van der Waals surface area (Å²) in [5.74, 6) is -0.171. The molecule has 0 aliphatic heterocycles. The van der Waals surface area contributed by atoms with Gasteiger partial charge in [0.1, 0.15) is 0 Å². The van der Waals surface area contributed by atoms with E-state index in [1.165, 1.54) is 6.20 Å².